The topological polar surface area (TPSA) is 88.3 Å². The van der Waals surface area contributed by atoms with Gasteiger partial charge in [-0.1, -0.05) is 30.3 Å². The number of pyridine rings is 1. The Kier molecular flexibility index (Phi) is 4.27. The van der Waals surface area contributed by atoms with E-state index in [0.29, 0.717) is 11.4 Å². The zero-order valence-corrected chi connectivity index (χ0v) is 11.0. The number of nitro groups is 1. The van der Waals surface area contributed by atoms with Crippen LogP contribution < -0.4 is 5.32 Å². The van der Waals surface area contributed by atoms with Gasteiger partial charge in [0.15, 0.2) is 0 Å². The molecule has 0 aliphatic rings. The lowest BCUT2D eigenvalue weighted by atomic mass is 10.1. The summed E-state index contributed by atoms with van der Waals surface area (Å²) in [5.74, 6) is 0.503. The highest BCUT2D eigenvalue weighted by Crippen LogP contribution is 2.19. The number of rotatable bonds is 5. The maximum atomic E-state index is 10.7. The SMILES string of the molecule is Cc1cc(NCC(O)c2ccccc2)ncc1[N+](=O)[O-]. The fourth-order valence-electron chi connectivity index (χ4n) is 1.83. The first kappa shape index (κ1) is 14.0. The summed E-state index contributed by atoms with van der Waals surface area (Å²) in [6, 6.07) is 10.8. The molecule has 2 N–H and O–H groups in total. The van der Waals surface area contributed by atoms with Crippen molar-refractivity contribution in [1.82, 2.24) is 4.98 Å². The standard InChI is InChI=1S/C14H15N3O3/c1-10-7-14(15-8-12(10)17(19)20)16-9-13(18)11-5-3-2-4-6-11/h2-8,13,18H,9H2,1H3,(H,15,16). The number of benzene rings is 1. The maximum absolute atomic E-state index is 10.7. The van der Waals surface area contributed by atoms with Crippen molar-refractivity contribution in [2.24, 2.45) is 0 Å². The first-order valence-electron chi connectivity index (χ1n) is 6.16. The minimum atomic E-state index is -0.659. The minimum Gasteiger partial charge on any atom is -0.387 e. The Hall–Kier alpha value is -2.47. The summed E-state index contributed by atoms with van der Waals surface area (Å²) in [5.41, 5.74) is 1.32. The van der Waals surface area contributed by atoms with E-state index in [0.717, 1.165) is 5.56 Å². The molecule has 104 valence electrons. The van der Waals surface area contributed by atoms with Gasteiger partial charge in [0, 0.05) is 12.1 Å². The third-order valence-corrected chi connectivity index (χ3v) is 2.94. The number of aliphatic hydroxyl groups is 1. The molecule has 0 amide bonds. The molecule has 0 bridgehead atoms. The first-order chi connectivity index (χ1) is 9.58. The smallest absolute Gasteiger partial charge is 0.290 e. The minimum absolute atomic E-state index is 0.0147. The van der Waals surface area contributed by atoms with Crippen LogP contribution in [0.4, 0.5) is 11.5 Å². The second-order valence-corrected chi connectivity index (χ2v) is 4.42. The Morgan fingerprint density at radius 1 is 1.40 bits per heavy atom. The summed E-state index contributed by atoms with van der Waals surface area (Å²) in [4.78, 5) is 14.2. The van der Waals surface area contributed by atoms with Crippen LogP contribution in [0.15, 0.2) is 42.6 Å². The second-order valence-electron chi connectivity index (χ2n) is 4.42. The number of anilines is 1. The van der Waals surface area contributed by atoms with Crippen LogP contribution in [0.1, 0.15) is 17.2 Å². The molecule has 0 fully saturated rings. The van der Waals surface area contributed by atoms with Crippen molar-refractivity contribution in [3.05, 3.63) is 63.8 Å². The average molecular weight is 273 g/mol. The molecule has 6 heteroatoms. The predicted molar refractivity (Wildman–Crippen MR) is 75.5 cm³/mol. The molecule has 1 heterocycles. The van der Waals surface area contributed by atoms with E-state index in [2.05, 4.69) is 10.3 Å². The molecule has 2 rings (SSSR count). The van der Waals surface area contributed by atoms with Crippen LogP contribution in [0.25, 0.3) is 0 Å². The average Bonchev–Trinajstić information content (AvgIpc) is 2.45. The van der Waals surface area contributed by atoms with Crippen LogP contribution in [-0.4, -0.2) is 21.6 Å². The summed E-state index contributed by atoms with van der Waals surface area (Å²) in [6.07, 6.45) is 0.556. The van der Waals surface area contributed by atoms with E-state index in [1.165, 1.54) is 6.20 Å². The van der Waals surface area contributed by atoms with Crippen LogP contribution in [0.5, 0.6) is 0 Å². The fourth-order valence-corrected chi connectivity index (χ4v) is 1.83. The van der Waals surface area contributed by atoms with Gasteiger partial charge in [0.1, 0.15) is 12.0 Å². The highest BCUT2D eigenvalue weighted by molar-refractivity contribution is 5.47. The molecule has 2 aromatic rings. The number of aryl methyl sites for hydroxylation is 1. The molecule has 1 aromatic carbocycles. The Morgan fingerprint density at radius 3 is 2.70 bits per heavy atom. The summed E-state index contributed by atoms with van der Waals surface area (Å²) < 4.78 is 0. The lowest BCUT2D eigenvalue weighted by molar-refractivity contribution is -0.385. The molecular weight excluding hydrogens is 258 g/mol. The van der Waals surface area contributed by atoms with Gasteiger partial charge in [0.25, 0.3) is 5.69 Å². The number of nitrogens with one attached hydrogen (secondary N) is 1. The third-order valence-electron chi connectivity index (χ3n) is 2.94. The van der Waals surface area contributed by atoms with Crippen molar-refractivity contribution >= 4 is 11.5 Å². The summed E-state index contributed by atoms with van der Waals surface area (Å²) in [6.45, 7) is 1.94. The van der Waals surface area contributed by atoms with E-state index >= 15 is 0 Å². The molecule has 0 saturated carbocycles. The summed E-state index contributed by atoms with van der Waals surface area (Å²) in [7, 11) is 0. The van der Waals surface area contributed by atoms with Gasteiger partial charge in [-0.25, -0.2) is 4.98 Å². The van der Waals surface area contributed by atoms with Crippen LogP contribution in [-0.2, 0) is 0 Å². The van der Waals surface area contributed by atoms with Gasteiger partial charge in [0.2, 0.25) is 0 Å². The predicted octanol–water partition coefficient (Wildman–Crippen LogP) is 2.44. The molecule has 0 radical (unpaired) electrons. The molecule has 1 unspecified atom stereocenters. The summed E-state index contributed by atoms with van der Waals surface area (Å²) >= 11 is 0. The lowest BCUT2D eigenvalue weighted by Gasteiger charge is -2.12. The van der Waals surface area contributed by atoms with Crippen LogP contribution in [0.3, 0.4) is 0 Å². The number of hydrogen-bond acceptors (Lipinski definition) is 5. The Balaban J connectivity index is 2.01. The Morgan fingerprint density at radius 2 is 2.10 bits per heavy atom. The number of hydrogen-bond donors (Lipinski definition) is 2. The largest absolute Gasteiger partial charge is 0.387 e. The molecule has 1 aromatic heterocycles. The van der Waals surface area contributed by atoms with Gasteiger partial charge in [0.05, 0.1) is 11.0 Å². The molecule has 6 nitrogen and oxygen atoms in total. The molecule has 1 atom stereocenters. The van der Waals surface area contributed by atoms with Gasteiger partial charge < -0.3 is 10.4 Å². The van der Waals surface area contributed by atoms with E-state index in [1.807, 2.05) is 30.3 Å². The van der Waals surface area contributed by atoms with Gasteiger partial charge in [-0.2, -0.15) is 0 Å². The second kappa shape index (κ2) is 6.12. The zero-order chi connectivity index (χ0) is 14.5. The van der Waals surface area contributed by atoms with E-state index < -0.39 is 11.0 Å². The Bertz CT molecular complexity index is 602. The highest BCUT2D eigenvalue weighted by Gasteiger charge is 2.12. The van der Waals surface area contributed by atoms with E-state index in [4.69, 9.17) is 0 Å². The van der Waals surface area contributed by atoms with Crippen LogP contribution in [0.2, 0.25) is 0 Å². The molecule has 20 heavy (non-hydrogen) atoms. The Labute approximate surface area is 116 Å². The van der Waals surface area contributed by atoms with E-state index in [1.54, 1.807) is 13.0 Å². The molecule has 0 aliphatic heterocycles. The number of aliphatic hydroxyl groups excluding tert-OH is 1. The number of aromatic nitrogens is 1. The maximum Gasteiger partial charge on any atom is 0.290 e. The van der Waals surface area contributed by atoms with Gasteiger partial charge in [-0.05, 0) is 18.6 Å². The van der Waals surface area contributed by atoms with Gasteiger partial charge >= 0.3 is 0 Å². The van der Waals surface area contributed by atoms with Crippen molar-refractivity contribution in [1.29, 1.82) is 0 Å². The normalized spacial score (nSPS) is 11.9. The van der Waals surface area contributed by atoms with Crippen LogP contribution in [0, 0.1) is 17.0 Å². The number of nitrogens with zero attached hydrogens (tertiary/aromatic N) is 2. The molecular formula is C14H15N3O3. The first-order valence-corrected chi connectivity index (χ1v) is 6.16. The van der Waals surface area contributed by atoms with Crippen molar-refractivity contribution in [3.8, 4) is 0 Å². The van der Waals surface area contributed by atoms with Crippen molar-refractivity contribution in [2.75, 3.05) is 11.9 Å². The summed E-state index contributed by atoms with van der Waals surface area (Å²) in [5, 5.41) is 23.7. The third kappa shape index (κ3) is 3.30. The van der Waals surface area contributed by atoms with Gasteiger partial charge in [-0.15, -0.1) is 0 Å². The van der Waals surface area contributed by atoms with E-state index in [9.17, 15) is 15.2 Å². The van der Waals surface area contributed by atoms with Gasteiger partial charge in [-0.3, -0.25) is 10.1 Å². The fraction of sp³-hybridized carbons (Fsp3) is 0.214. The molecule has 0 spiro atoms. The highest BCUT2D eigenvalue weighted by atomic mass is 16.6. The van der Waals surface area contributed by atoms with Crippen molar-refractivity contribution in [2.45, 2.75) is 13.0 Å². The van der Waals surface area contributed by atoms with Crippen molar-refractivity contribution < 1.29 is 10.0 Å². The monoisotopic (exact) mass is 273 g/mol. The molecule has 0 aliphatic carbocycles. The van der Waals surface area contributed by atoms with Crippen LogP contribution >= 0.6 is 0 Å². The zero-order valence-electron chi connectivity index (χ0n) is 11.0. The molecule has 0 saturated heterocycles. The van der Waals surface area contributed by atoms with E-state index in [-0.39, 0.29) is 12.2 Å². The lowest BCUT2D eigenvalue weighted by Crippen LogP contribution is -2.13. The quantitative estimate of drug-likeness (QED) is 0.645. The van der Waals surface area contributed by atoms with Crippen molar-refractivity contribution in [3.63, 3.8) is 0 Å².